The number of hydrogen-bond acceptors (Lipinski definition) is 6. The number of anilines is 1. The van der Waals surface area contributed by atoms with E-state index in [2.05, 4.69) is 30.9 Å². The number of benzene rings is 1. The molecule has 1 aliphatic carbocycles. The van der Waals surface area contributed by atoms with Crippen molar-refractivity contribution in [1.29, 1.82) is 0 Å². The monoisotopic (exact) mass is 422 g/mol. The van der Waals surface area contributed by atoms with E-state index in [-0.39, 0.29) is 0 Å². The normalized spacial score (nSPS) is 15.5. The standard InChI is InChI=1S/C24H30N4O3/c1-15-11-18(30-4)7-8-19(15)22-16(2)26-28-23(22)25-21-14-31-13-20(21)24(28)27(9-10-29-3)12-17-5-6-17/h7-8,11,17H,5-6,9-10,12-14H2,1-4H3. The van der Waals surface area contributed by atoms with Gasteiger partial charge in [0.2, 0.25) is 0 Å². The summed E-state index contributed by atoms with van der Waals surface area (Å²) in [7, 11) is 3.45. The Labute approximate surface area is 182 Å². The van der Waals surface area contributed by atoms with Gasteiger partial charge in [0, 0.05) is 31.3 Å². The van der Waals surface area contributed by atoms with Gasteiger partial charge in [0.1, 0.15) is 11.6 Å². The summed E-state index contributed by atoms with van der Waals surface area (Å²) in [6.45, 7) is 7.83. The second-order valence-corrected chi connectivity index (χ2v) is 8.61. The van der Waals surface area contributed by atoms with Gasteiger partial charge in [0.25, 0.3) is 0 Å². The molecule has 5 rings (SSSR count). The maximum atomic E-state index is 5.82. The third kappa shape index (κ3) is 3.66. The van der Waals surface area contributed by atoms with Gasteiger partial charge in [0.05, 0.1) is 38.3 Å². The largest absolute Gasteiger partial charge is 0.497 e. The molecule has 164 valence electrons. The Morgan fingerprint density at radius 3 is 2.74 bits per heavy atom. The molecule has 7 nitrogen and oxygen atoms in total. The van der Waals surface area contributed by atoms with Crippen LogP contribution in [0, 0.1) is 19.8 Å². The van der Waals surface area contributed by atoms with Crippen LogP contribution >= 0.6 is 0 Å². The Bertz CT molecular complexity index is 1120. The molecule has 0 bridgehead atoms. The summed E-state index contributed by atoms with van der Waals surface area (Å²) >= 11 is 0. The van der Waals surface area contributed by atoms with Crippen LogP contribution in [-0.2, 0) is 22.7 Å². The van der Waals surface area contributed by atoms with E-state index in [9.17, 15) is 0 Å². The topological polar surface area (TPSA) is 61.1 Å². The second kappa shape index (κ2) is 8.13. The highest BCUT2D eigenvalue weighted by Crippen LogP contribution is 2.38. The number of aromatic nitrogens is 3. The zero-order valence-electron chi connectivity index (χ0n) is 18.8. The fraction of sp³-hybridized carbons (Fsp3) is 0.500. The average molecular weight is 423 g/mol. The van der Waals surface area contributed by atoms with Gasteiger partial charge in [0.15, 0.2) is 5.65 Å². The molecule has 7 heteroatoms. The fourth-order valence-corrected chi connectivity index (χ4v) is 4.52. The van der Waals surface area contributed by atoms with Crippen LogP contribution in [0.4, 0.5) is 5.82 Å². The van der Waals surface area contributed by atoms with Crippen LogP contribution in [0.2, 0.25) is 0 Å². The Morgan fingerprint density at radius 1 is 1.19 bits per heavy atom. The summed E-state index contributed by atoms with van der Waals surface area (Å²) in [5.41, 5.74) is 7.41. The fourth-order valence-electron chi connectivity index (χ4n) is 4.52. The predicted octanol–water partition coefficient (Wildman–Crippen LogP) is 3.91. The highest BCUT2D eigenvalue weighted by molar-refractivity contribution is 5.83. The highest BCUT2D eigenvalue weighted by atomic mass is 16.5. The first-order chi connectivity index (χ1) is 15.1. The predicted molar refractivity (Wildman–Crippen MR) is 120 cm³/mol. The zero-order valence-corrected chi connectivity index (χ0v) is 18.8. The van der Waals surface area contributed by atoms with Crippen molar-refractivity contribution in [3.05, 3.63) is 40.7 Å². The van der Waals surface area contributed by atoms with Crippen molar-refractivity contribution in [2.45, 2.75) is 39.9 Å². The Balaban J connectivity index is 1.70. The molecule has 3 aromatic rings. The molecule has 0 saturated heterocycles. The molecule has 3 heterocycles. The van der Waals surface area contributed by atoms with Gasteiger partial charge in [-0.2, -0.15) is 9.61 Å². The van der Waals surface area contributed by atoms with Gasteiger partial charge in [-0.1, -0.05) is 6.07 Å². The first-order valence-electron chi connectivity index (χ1n) is 11.0. The van der Waals surface area contributed by atoms with Crippen molar-refractivity contribution in [2.24, 2.45) is 5.92 Å². The first kappa shape index (κ1) is 20.3. The molecule has 1 saturated carbocycles. The minimum Gasteiger partial charge on any atom is -0.497 e. The van der Waals surface area contributed by atoms with Crippen LogP contribution in [0.15, 0.2) is 18.2 Å². The lowest BCUT2D eigenvalue weighted by molar-refractivity contribution is 0.133. The number of ether oxygens (including phenoxy) is 3. The van der Waals surface area contributed by atoms with Gasteiger partial charge in [-0.25, -0.2) is 4.98 Å². The van der Waals surface area contributed by atoms with Crippen LogP contribution < -0.4 is 9.64 Å². The molecular weight excluding hydrogens is 392 g/mol. The van der Waals surface area contributed by atoms with Crippen LogP contribution in [0.3, 0.4) is 0 Å². The SMILES string of the molecule is COCCN(CC1CC1)c1c2c(nc3c(-c4ccc(OC)cc4C)c(C)nn13)COC2. The molecular formula is C24H30N4O3. The van der Waals surface area contributed by atoms with E-state index < -0.39 is 0 Å². The number of nitrogens with zero attached hydrogens (tertiary/aromatic N) is 4. The molecule has 0 spiro atoms. The molecule has 0 amide bonds. The summed E-state index contributed by atoms with van der Waals surface area (Å²) in [6, 6.07) is 6.17. The van der Waals surface area contributed by atoms with Gasteiger partial charge in [-0.05, 0) is 55.9 Å². The molecule has 0 atom stereocenters. The smallest absolute Gasteiger partial charge is 0.165 e. The van der Waals surface area contributed by atoms with Gasteiger partial charge < -0.3 is 19.1 Å². The van der Waals surface area contributed by atoms with Gasteiger partial charge in [-0.15, -0.1) is 0 Å². The molecule has 2 aliphatic rings. The van der Waals surface area contributed by atoms with Gasteiger partial charge >= 0.3 is 0 Å². The van der Waals surface area contributed by atoms with E-state index >= 15 is 0 Å². The molecule has 0 unspecified atom stereocenters. The maximum Gasteiger partial charge on any atom is 0.165 e. The second-order valence-electron chi connectivity index (χ2n) is 8.61. The van der Waals surface area contributed by atoms with Crippen LogP contribution in [0.5, 0.6) is 5.75 Å². The summed E-state index contributed by atoms with van der Waals surface area (Å²) in [6.07, 6.45) is 2.59. The number of aryl methyl sites for hydroxylation is 2. The third-order valence-electron chi connectivity index (χ3n) is 6.32. The number of rotatable bonds is 8. The average Bonchev–Trinajstić information content (AvgIpc) is 3.36. The molecule has 1 aromatic carbocycles. The summed E-state index contributed by atoms with van der Waals surface area (Å²) in [5.74, 6) is 2.72. The highest BCUT2D eigenvalue weighted by Gasteiger charge is 2.31. The first-order valence-corrected chi connectivity index (χ1v) is 11.0. The number of hydrogen-bond donors (Lipinski definition) is 0. The quantitative estimate of drug-likeness (QED) is 0.548. The maximum absolute atomic E-state index is 5.82. The van der Waals surface area contributed by atoms with Crippen molar-refractivity contribution < 1.29 is 14.2 Å². The summed E-state index contributed by atoms with van der Waals surface area (Å²) in [5, 5.41) is 4.99. The van der Waals surface area contributed by atoms with Crippen LogP contribution in [0.1, 0.15) is 35.4 Å². The lowest BCUT2D eigenvalue weighted by Crippen LogP contribution is -2.32. The summed E-state index contributed by atoms with van der Waals surface area (Å²) in [4.78, 5) is 7.47. The Kier molecular flexibility index (Phi) is 5.32. The van der Waals surface area contributed by atoms with Crippen LogP contribution in [-0.4, -0.2) is 48.5 Å². The molecule has 1 fully saturated rings. The molecule has 1 aliphatic heterocycles. The van der Waals surface area contributed by atoms with Crippen molar-refractivity contribution in [3.8, 4) is 16.9 Å². The van der Waals surface area contributed by atoms with Crippen molar-refractivity contribution in [1.82, 2.24) is 14.6 Å². The van der Waals surface area contributed by atoms with E-state index in [1.165, 1.54) is 12.8 Å². The minimum absolute atomic E-state index is 0.547. The number of methoxy groups -OCH3 is 2. The van der Waals surface area contributed by atoms with E-state index in [0.717, 1.165) is 69.9 Å². The molecule has 31 heavy (non-hydrogen) atoms. The van der Waals surface area contributed by atoms with Gasteiger partial charge in [-0.3, -0.25) is 0 Å². The lowest BCUT2D eigenvalue weighted by atomic mass is 10.0. The summed E-state index contributed by atoms with van der Waals surface area (Å²) < 4.78 is 18.7. The van der Waals surface area contributed by atoms with Crippen molar-refractivity contribution in [2.75, 3.05) is 38.8 Å². The Hall–Kier alpha value is -2.64. The van der Waals surface area contributed by atoms with Crippen LogP contribution in [0.25, 0.3) is 16.8 Å². The van der Waals surface area contributed by atoms with E-state index in [4.69, 9.17) is 24.3 Å². The van der Waals surface area contributed by atoms with E-state index in [1.54, 1.807) is 14.2 Å². The third-order valence-corrected chi connectivity index (χ3v) is 6.32. The molecule has 0 radical (unpaired) electrons. The molecule has 0 N–H and O–H groups in total. The zero-order chi connectivity index (χ0) is 21.5. The number of fused-ring (bicyclic) bond motifs is 2. The Morgan fingerprint density at radius 2 is 2.03 bits per heavy atom. The van der Waals surface area contributed by atoms with Crippen molar-refractivity contribution in [3.63, 3.8) is 0 Å². The van der Waals surface area contributed by atoms with E-state index in [1.807, 2.05) is 10.6 Å². The minimum atomic E-state index is 0.547. The molecule has 2 aromatic heterocycles. The lowest BCUT2D eigenvalue weighted by Gasteiger charge is -2.27. The van der Waals surface area contributed by atoms with Crippen molar-refractivity contribution >= 4 is 11.5 Å². The van der Waals surface area contributed by atoms with E-state index in [0.29, 0.717) is 19.8 Å².